The SMILES string of the molecule is CC(O)C(C)SCC(=O)Nc1ccc(F)cc1F. The molecule has 2 atom stereocenters. The molecule has 0 bridgehead atoms. The first kappa shape index (κ1) is 14.9. The van der Waals surface area contributed by atoms with Gasteiger partial charge in [0, 0.05) is 11.3 Å². The molecule has 2 N–H and O–H groups in total. The lowest BCUT2D eigenvalue weighted by Crippen LogP contribution is -2.21. The van der Waals surface area contributed by atoms with Gasteiger partial charge in [-0.1, -0.05) is 6.92 Å². The lowest BCUT2D eigenvalue weighted by molar-refractivity contribution is -0.113. The van der Waals surface area contributed by atoms with Crippen molar-refractivity contribution in [3.63, 3.8) is 0 Å². The van der Waals surface area contributed by atoms with E-state index >= 15 is 0 Å². The molecule has 0 aromatic heterocycles. The standard InChI is InChI=1S/C12H15F2NO2S/c1-7(16)8(2)18-6-12(17)15-11-4-3-9(13)5-10(11)14/h3-5,7-8,16H,6H2,1-2H3,(H,15,17). The molecule has 0 spiro atoms. The quantitative estimate of drug-likeness (QED) is 0.867. The first-order valence-electron chi connectivity index (χ1n) is 5.44. The molecular formula is C12H15F2NO2S. The highest BCUT2D eigenvalue weighted by atomic mass is 32.2. The number of halogens is 2. The van der Waals surface area contributed by atoms with E-state index in [9.17, 15) is 18.7 Å². The molecule has 1 aromatic rings. The van der Waals surface area contributed by atoms with E-state index in [4.69, 9.17) is 0 Å². The van der Waals surface area contributed by atoms with Gasteiger partial charge in [0.2, 0.25) is 5.91 Å². The monoisotopic (exact) mass is 275 g/mol. The Balaban J connectivity index is 2.50. The number of carbonyl (C=O) groups is 1. The number of amides is 1. The van der Waals surface area contributed by atoms with Gasteiger partial charge in [-0.3, -0.25) is 4.79 Å². The van der Waals surface area contributed by atoms with Gasteiger partial charge in [-0.25, -0.2) is 8.78 Å². The van der Waals surface area contributed by atoms with Gasteiger partial charge in [0.25, 0.3) is 0 Å². The van der Waals surface area contributed by atoms with Gasteiger partial charge in [-0.2, -0.15) is 0 Å². The topological polar surface area (TPSA) is 49.3 Å². The van der Waals surface area contributed by atoms with Crippen molar-refractivity contribution in [2.24, 2.45) is 0 Å². The van der Waals surface area contributed by atoms with Crippen molar-refractivity contribution >= 4 is 23.4 Å². The van der Waals surface area contributed by atoms with Crippen LogP contribution in [-0.2, 0) is 4.79 Å². The number of hydrogen-bond donors (Lipinski definition) is 2. The summed E-state index contributed by atoms with van der Waals surface area (Å²) in [6.45, 7) is 3.43. The largest absolute Gasteiger partial charge is 0.392 e. The second kappa shape index (κ2) is 6.70. The Morgan fingerprint density at radius 2 is 2.11 bits per heavy atom. The molecule has 0 radical (unpaired) electrons. The minimum Gasteiger partial charge on any atom is -0.392 e. The van der Waals surface area contributed by atoms with E-state index in [0.29, 0.717) is 6.07 Å². The Morgan fingerprint density at radius 1 is 1.44 bits per heavy atom. The van der Waals surface area contributed by atoms with Gasteiger partial charge in [0.05, 0.1) is 17.5 Å². The lowest BCUT2D eigenvalue weighted by Gasteiger charge is -2.13. The van der Waals surface area contributed by atoms with Gasteiger partial charge < -0.3 is 10.4 Å². The van der Waals surface area contributed by atoms with Gasteiger partial charge in [-0.05, 0) is 19.1 Å². The van der Waals surface area contributed by atoms with Gasteiger partial charge in [0.1, 0.15) is 11.6 Å². The van der Waals surface area contributed by atoms with Crippen LogP contribution in [0.25, 0.3) is 0 Å². The van der Waals surface area contributed by atoms with E-state index in [1.807, 2.05) is 0 Å². The summed E-state index contributed by atoms with van der Waals surface area (Å²) >= 11 is 1.26. The maximum atomic E-state index is 13.2. The van der Waals surface area contributed by atoms with Crippen LogP contribution in [0.3, 0.4) is 0 Å². The van der Waals surface area contributed by atoms with Crippen molar-refractivity contribution in [1.29, 1.82) is 0 Å². The lowest BCUT2D eigenvalue weighted by atomic mass is 10.3. The number of hydrogen-bond acceptors (Lipinski definition) is 3. The molecule has 0 saturated carbocycles. The van der Waals surface area contributed by atoms with Crippen molar-refractivity contribution in [1.82, 2.24) is 0 Å². The predicted octanol–water partition coefficient (Wildman–Crippen LogP) is 2.41. The molecule has 3 nitrogen and oxygen atoms in total. The smallest absolute Gasteiger partial charge is 0.234 e. The highest BCUT2D eigenvalue weighted by Crippen LogP contribution is 2.17. The van der Waals surface area contributed by atoms with E-state index in [2.05, 4.69) is 5.32 Å². The number of anilines is 1. The molecule has 0 saturated heterocycles. The predicted molar refractivity (Wildman–Crippen MR) is 68.6 cm³/mol. The maximum Gasteiger partial charge on any atom is 0.234 e. The molecule has 0 aliphatic rings. The normalized spacial score (nSPS) is 14.1. The number of thioether (sulfide) groups is 1. The molecule has 1 aromatic carbocycles. The summed E-state index contributed by atoms with van der Waals surface area (Å²) in [6, 6.07) is 2.96. The van der Waals surface area contributed by atoms with Crippen LogP contribution >= 0.6 is 11.8 Å². The van der Waals surface area contributed by atoms with Crippen molar-refractivity contribution in [3.05, 3.63) is 29.8 Å². The Hall–Kier alpha value is -1.14. The summed E-state index contributed by atoms with van der Waals surface area (Å²) in [5.74, 6) is -1.79. The van der Waals surface area contributed by atoms with Crippen LogP contribution in [-0.4, -0.2) is 28.1 Å². The van der Waals surface area contributed by atoms with Crippen molar-refractivity contribution in [2.75, 3.05) is 11.1 Å². The third-order valence-electron chi connectivity index (χ3n) is 2.36. The Kier molecular flexibility index (Phi) is 5.55. The fourth-order valence-corrected chi connectivity index (χ4v) is 1.89. The fraction of sp³-hybridized carbons (Fsp3) is 0.417. The van der Waals surface area contributed by atoms with E-state index in [1.165, 1.54) is 17.8 Å². The van der Waals surface area contributed by atoms with E-state index in [1.54, 1.807) is 13.8 Å². The molecule has 18 heavy (non-hydrogen) atoms. The average molecular weight is 275 g/mol. The number of aliphatic hydroxyl groups excluding tert-OH is 1. The number of rotatable bonds is 5. The molecule has 0 fully saturated rings. The van der Waals surface area contributed by atoms with Crippen LogP contribution in [0.15, 0.2) is 18.2 Å². The molecule has 0 heterocycles. The molecule has 1 amide bonds. The third-order valence-corrected chi connectivity index (χ3v) is 3.71. The second-order valence-corrected chi connectivity index (χ2v) is 5.29. The minimum atomic E-state index is -0.808. The van der Waals surface area contributed by atoms with E-state index in [-0.39, 0.29) is 16.7 Å². The summed E-state index contributed by atoms with van der Waals surface area (Å²) in [5, 5.41) is 11.5. The van der Waals surface area contributed by atoms with Crippen molar-refractivity contribution < 1.29 is 18.7 Å². The first-order valence-corrected chi connectivity index (χ1v) is 6.49. The van der Waals surface area contributed by atoms with E-state index < -0.39 is 23.6 Å². The summed E-state index contributed by atoms with van der Waals surface area (Å²) < 4.78 is 25.9. The van der Waals surface area contributed by atoms with Crippen LogP contribution in [0.1, 0.15) is 13.8 Å². The van der Waals surface area contributed by atoms with Gasteiger partial charge in [-0.15, -0.1) is 11.8 Å². The Morgan fingerprint density at radius 3 is 2.67 bits per heavy atom. The fourth-order valence-electron chi connectivity index (χ4n) is 1.12. The number of benzene rings is 1. The van der Waals surface area contributed by atoms with Crippen LogP contribution < -0.4 is 5.32 Å². The van der Waals surface area contributed by atoms with Crippen LogP contribution in [0.2, 0.25) is 0 Å². The van der Waals surface area contributed by atoms with E-state index in [0.717, 1.165) is 6.07 Å². The zero-order chi connectivity index (χ0) is 13.7. The summed E-state index contributed by atoms with van der Waals surface area (Å²) in [4.78, 5) is 11.5. The molecular weight excluding hydrogens is 260 g/mol. The Bertz CT molecular complexity index is 427. The molecule has 100 valence electrons. The van der Waals surface area contributed by atoms with Gasteiger partial charge in [0.15, 0.2) is 0 Å². The molecule has 1 rings (SSSR count). The van der Waals surface area contributed by atoms with Crippen LogP contribution in [0, 0.1) is 11.6 Å². The molecule has 2 unspecified atom stereocenters. The number of aliphatic hydroxyl groups is 1. The van der Waals surface area contributed by atoms with Crippen molar-refractivity contribution in [2.45, 2.75) is 25.2 Å². The maximum absolute atomic E-state index is 13.2. The second-order valence-electron chi connectivity index (χ2n) is 3.93. The van der Waals surface area contributed by atoms with Crippen LogP contribution in [0.5, 0.6) is 0 Å². The number of carbonyl (C=O) groups excluding carboxylic acids is 1. The Labute approximate surface area is 109 Å². The number of nitrogens with one attached hydrogen (secondary N) is 1. The average Bonchev–Trinajstić information content (AvgIpc) is 2.29. The van der Waals surface area contributed by atoms with Gasteiger partial charge >= 0.3 is 0 Å². The first-order chi connectivity index (χ1) is 8.40. The molecule has 0 aliphatic heterocycles. The molecule has 6 heteroatoms. The van der Waals surface area contributed by atoms with Crippen molar-refractivity contribution in [3.8, 4) is 0 Å². The zero-order valence-corrected chi connectivity index (χ0v) is 10.9. The summed E-state index contributed by atoms with van der Waals surface area (Å²) in [7, 11) is 0. The minimum absolute atomic E-state index is 0.0494. The third kappa shape index (κ3) is 4.62. The zero-order valence-electron chi connectivity index (χ0n) is 10.1. The highest BCUT2D eigenvalue weighted by molar-refractivity contribution is 8.00. The summed E-state index contributed by atoms with van der Waals surface area (Å²) in [6.07, 6.45) is -0.523. The van der Waals surface area contributed by atoms with Crippen LogP contribution in [0.4, 0.5) is 14.5 Å². The summed E-state index contributed by atoms with van der Waals surface area (Å²) in [5.41, 5.74) is -0.0494. The molecule has 0 aliphatic carbocycles. The highest BCUT2D eigenvalue weighted by Gasteiger charge is 2.13.